The van der Waals surface area contributed by atoms with E-state index in [2.05, 4.69) is 21.2 Å². The quantitative estimate of drug-likeness (QED) is 0.101. The molecule has 2 aliphatic carbocycles. The van der Waals surface area contributed by atoms with E-state index in [1.807, 2.05) is 0 Å². The van der Waals surface area contributed by atoms with Crippen molar-refractivity contribution in [3.05, 3.63) is 54.5 Å². The van der Waals surface area contributed by atoms with Crippen LogP contribution in [0.1, 0.15) is 76.3 Å². The molecule has 0 unspecified atom stereocenters. The van der Waals surface area contributed by atoms with Crippen molar-refractivity contribution < 1.29 is 47.0 Å². The predicted molar refractivity (Wildman–Crippen MR) is 193 cm³/mol. The number of nitrogen functional groups attached to an aromatic ring is 1. The van der Waals surface area contributed by atoms with Gasteiger partial charge in [-0.25, -0.2) is 14.1 Å². The summed E-state index contributed by atoms with van der Waals surface area (Å²) in [5, 5.41) is 17.9. The van der Waals surface area contributed by atoms with Crippen LogP contribution in [0.15, 0.2) is 48.8 Å². The highest BCUT2D eigenvalue weighted by Gasteiger charge is 2.58. The Bertz CT molecular complexity index is 1970. The van der Waals surface area contributed by atoms with E-state index in [4.69, 9.17) is 40.5 Å². The number of nitrogens with two attached hydrogens (primary N) is 3. The zero-order valence-electron chi connectivity index (χ0n) is 30.1. The van der Waals surface area contributed by atoms with Crippen LogP contribution in [0, 0.1) is 23.2 Å². The van der Waals surface area contributed by atoms with Crippen LogP contribution in [0.4, 0.5) is 5.82 Å². The van der Waals surface area contributed by atoms with Gasteiger partial charge in [0.25, 0.3) is 0 Å². The van der Waals surface area contributed by atoms with E-state index in [-0.39, 0.29) is 55.2 Å². The number of rotatable bonds is 19. The molecule has 6 rings (SSSR count). The molecule has 3 aromatic rings. The molecule has 18 nitrogen and oxygen atoms in total. The second kappa shape index (κ2) is 17.2. The summed E-state index contributed by atoms with van der Waals surface area (Å²) in [7, 11) is -4.62. The lowest BCUT2D eigenvalue weighted by atomic mass is 9.74. The zero-order chi connectivity index (χ0) is 39.2. The summed E-state index contributed by atoms with van der Waals surface area (Å²) < 4.78 is 46.0. The molecule has 2 aromatic heterocycles. The third-order valence-electron chi connectivity index (χ3n) is 10.3. The fourth-order valence-corrected chi connectivity index (χ4v) is 8.57. The minimum absolute atomic E-state index is 0.0469. The highest BCUT2D eigenvalue weighted by molar-refractivity contribution is 7.52. The van der Waals surface area contributed by atoms with Crippen LogP contribution in [0.25, 0.3) is 5.52 Å². The molecular formula is C36H45N8O10P. The lowest BCUT2D eigenvalue weighted by Crippen LogP contribution is -2.43. The number of carbonyl (C=O) groups is 4. The van der Waals surface area contributed by atoms with Gasteiger partial charge in [-0.15, -0.1) is 0 Å². The maximum atomic E-state index is 14.8. The van der Waals surface area contributed by atoms with Crippen LogP contribution < -0.4 is 26.8 Å². The van der Waals surface area contributed by atoms with Crippen LogP contribution in [-0.2, 0) is 48.1 Å². The highest BCUT2D eigenvalue weighted by atomic mass is 31.2. The van der Waals surface area contributed by atoms with E-state index in [0.717, 1.165) is 12.8 Å². The first-order valence-electron chi connectivity index (χ1n) is 18.3. The smallest absolute Gasteiger partial charge is 0.459 e. The summed E-state index contributed by atoms with van der Waals surface area (Å²) >= 11 is 0. The van der Waals surface area contributed by atoms with Crippen molar-refractivity contribution in [1.29, 1.82) is 5.26 Å². The van der Waals surface area contributed by atoms with E-state index >= 15 is 0 Å². The number of carbonyl (C=O) groups excluding carboxylic acids is 4. The molecule has 3 heterocycles. The summed E-state index contributed by atoms with van der Waals surface area (Å²) in [4.78, 5) is 54.8. The third kappa shape index (κ3) is 9.25. The van der Waals surface area contributed by atoms with Crippen LogP contribution in [0.5, 0.6) is 5.75 Å². The van der Waals surface area contributed by atoms with E-state index in [0.29, 0.717) is 31.2 Å². The number of hydrogen-bond donors (Lipinski definition) is 4. The number of para-hydroxylation sites is 1. The Morgan fingerprint density at radius 1 is 1.00 bits per heavy atom. The second-order valence-corrected chi connectivity index (χ2v) is 15.8. The SMILES string of the molecule is N#C[C@@]1(c2ccc3c(N)ncnn23)O[C@@H](CO[P@](=O)(N[C@@H](CC(=O)OC2CCC2)C(=O)OC2CCC2)Oc2ccccc2)[C@H](CCC(N)=O)[C@H]1CCC(N)=O. The molecule has 3 aliphatic rings. The third-order valence-corrected chi connectivity index (χ3v) is 11.9. The Balaban J connectivity index is 1.33. The Hall–Kier alpha value is -5.08. The lowest BCUT2D eigenvalue weighted by molar-refractivity contribution is -0.162. The van der Waals surface area contributed by atoms with E-state index < -0.39 is 74.1 Å². The maximum Gasteiger partial charge on any atom is 0.459 e. The summed E-state index contributed by atoms with van der Waals surface area (Å²) in [6, 6.07) is 12.0. The molecule has 1 aliphatic heterocycles. The molecule has 7 N–H and O–H groups in total. The normalized spacial score (nSPS) is 24.1. The number of nitrogens with one attached hydrogen (secondary N) is 1. The van der Waals surface area contributed by atoms with Gasteiger partial charge in [0.1, 0.15) is 41.9 Å². The molecule has 1 saturated heterocycles. The van der Waals surface area contributed by atoms with Gasteiger partial charge in [0.2, 0.25) is 11.8 Å². The van der Waals surface area contributed by atoms with Gasteiger partial charge in [0.05, 0.1) is 24.8 Å². The molecule has 3 fully saturated rings. The average molecular weight is 781 g/mol. The fourth-order valence-electron chi connectivity index (χ4n) is 7.07. The monoisotopic (exact) mass is 780 g/mol. The number of hydrogen-bond acceptors (Lipinski definition) is 14. The number of benzene rings is 1. The number of fused-ring (bicyclic) bond motifs is 1. The van der Waals surface area contributed by atoms with Crippen LogP contribution >= 0.6 is 7.75 Å². The maximum absolute atomic E-state index is 14.8. The number of esters is 2. The van der Waals surface area contributed by atoms with Crippen LogP contribution in [0.2, 0.25) is 0 Å². The molecule has 19 heteroatoms. The van der Waals surface area contributed by atoms with Crippen molar-refractivity contribution in [1.82, 2.24) is 19.7 Å². The Kier molecular flexibility index (Phi) is 12.4. The molecule has 55 heavy (non-hydrogen) atoms. The summed E-state index contributed by atoms with van der Waals surface area (Å²) in [6.07, 6.45) is 3.36. The number of primary amides is 2. The topological polar surface area (TPSA) is 276 Å². The van der Waals surface area contributed by atoms with Gasteiger partial charge < -0.3 is 35.9 Å². The van der Waals surface area contributed by atoms with E-state index in [9.17, 15) is 29.0 Å². The number of amides is 2. The van der Waals surface area contributed by atoms with Gasteiger partial charge in [-0.3, -0.25) is 23.7 Å². The molecular weight excluding hydrogens is 735 g/mol. The van der Waals surface area contributed by atoms with E-state index in [1.165, 1.54) is 23.0 Å². The van der Waals surface area contributed by atoms with Gasteiger partial charge in [-0.1, -0.05) is 18.2 Å². The van der Waals surface area contributed by atoms with Crippen LogP contribution in [-0.4, -0.2) is 69.3 Å². The summed E-state index contributed by atoms with van der Waals surface area (Å²) in [5.74, 6) is -4.04. The van der Waals surface area contributed by atoms with Crippen molar-refractivity contribution >= 4 is 42.8 Å². The minimum atomic E-state index is -4.62. The fraction of sp³-hybridized carbons (Fsp3) is 0.528. The van der Waals surface area contributed by atoms with Crippen molar-refractivity contribution in [2.24, 2.45) is 23.3 Å². The van der Waals surface area contributed by atoms with Gasteiger partial charge in [0.15, 0.2) is 11.4 Å². The first-order chi connectivity index (χ1) is 26.4. The van der Waals surface area contributed by atoms with Gasteiger partial charge >= 0.3 is 19.7 Å². The predicted octanol–water partition coefficient (Wildman–Crippen LogP) is 2.94. The van der Waals surface area contributed by atoms with E-state index in [1.54, 1.807) is 30.3 Å². The van der Waals surface area contributed by atoms with Crippen molar-refractivity contribution in [3.63, 3.8) is 0 Å². The number of nitriles is 1. The molecule has 6 atom stereocenters. The van der Waals surface area contributed by atoms with Crippen LogP contribution in [0.3, 0.4) is 0 Å². The highest BCUT2D eigenvalue weighted by Crippen LogP contribution is 2.53. The molecule has 0 spiro atoms. The van der Waals surface area contributed by atoms with Crippen molar-refractivity contribution in [2.75, 3.05) is 12.3 Å². The lowest BCUT2D eigenvalue weighted by Gasteiger charge is -2.30. The second-order valence-electron chi connectivity index (χ2n) is 14.1. The molecule has 0 radical (unpaired) electrons. The summed E-state index contributed by atoms with van der Waals surface area (Å²) in [6.45, 7) is -0.519. The Morgan fingerprint density at radius 2 is 1.67 bits per heavy atom. The number of aromatic nitrogens is 3. The molecule has 2 amide bonds. The van der Waals surface area contributed by atoms with Gasteiger partial charge in [-0.2, -0.15) is 15.4 Å². The zero-order valence-corrected chi connectivity index (χ0v) is 31.0. The molecule has 294 valence electrons. The van der Waals surface area contributed by atoms with Gasteiger partial charge in [-0.05, 0) is 81.5 Å². The van der Waals surface area contributed by atoms with Gasteiger partial charge in [0, 0.05) is 18.8 Å². The molecule has 2 saturated carbocycles. The Morgan fingerprint density at radius 3 is 2.31 bits per heavy atom. The first-order valence-corrected chi connectivity index (χ1v) is 19.9. The number of ether oxygens (including phenoxy) is 3. The average Bonchev–Trinajstić information content (AvgIpc) is 3.69. The standard InChI is InChI=1S/C36H45N8O10P/c37-20-36(30-15-14-28-34(40)41-21-42-44(28)30)26(13-17-32(39)46)25(12-16-31(38)45)29(53-36)19-50-55(49,54-24-6-2-1-3-7-24)43-27(35(48)52-23-10-5-11-23)18-33(47)51-22-8-4-9-22/h1-3,6-7,14-15,21-23,25-27,29H,4-5,8-13,16-19H2,(H2,38,45)(H2,39,46)(H,43,49)(H2,40,41,42)/t25-,26-,27+,29+,36-,55-/m1/s1. The minimum Gasteiger partial charge on any atom is -0.462 e. The first kappa shape index (κ1) is 39.6. The molecule has 0 bridgehead atoms. The van der Waals surface area contributed by atoms with Crippen molar-refractivity contribution in [3.8, 4) is 11.8 Å². The Labute approximate surface area is 316 Å². The largest absolute Gasteiger partial charge is 0.462 e. The summed E-state index contributed by atoms with van der Waals surface area (Å²) in [5.41, 5.74) is 16.1. The van der Waals surface area contributed by atoms with Crippen molar-refractivity contribution in [2.45, 2.75) is 101 Å². The number of nitrogens with zero attached hydrogens (tertiary/aromatic N) is 4. The molecule has 1 aromatic carbocycles. The number of anilines is 1.